The predicted molar refractivity (Wildman–Crippen MR) is 162 cm³/mol. The van der Waals surface area contributed by atoms with E-state index in [9.17, 15) is 19.2 Å². The minimum atomic E-state index is -0.475. The number of aryl methyl sites for hydroxylation is 1. The van der Waals surface area contributed by atoms with Crippen LogP contribution in [0, 0.1) is 12.8 Å². The summed E-state index contributed by atoms with van der Waals surface area (Å²) in [5.74, 6) is 1.12. The van der Waals surface area contributed by atoms with Crippen molar-refractivity contribution in [2.75, 3.05) is 26.8 Å². The van der Waals surface area contributed by atoms with E-state index in [0.717, 1.165) is 30.6 Å². The quantitative estimate of drug-likeness (QED) is 0.277. The second-order valence-electron chi connectivity index (χ2n) is 10.7. The summed E-state index contributed by atoms with van der Waals surface area (Å²) in [5.41, 5.74) is 4.55. The maximum atomic E-state index is 12.1. The number of nitrogens with one attached hydrogen (secondary N) is 3. The van der Waals surface area contributed by atoms with Gasteiger partial charge in [0.15, 0.2) is 5.78 Å². The number of epoxide rings is 1. The molecule has 1 saturated carbocycles. The third-order valence-electron chi connectivity index (χ3n) is 7.37. The summed E-state index contributed by atoms with van der Waals surface area (Å²) in [6.07, 6.45) is 8.20. The Morgan fingerprint density at radius 1 is 1.07 bits per heavy atom. The molecule has 9 nitrogen and oxygen atoms in total. The molecule has 0 aromatic heterocycles. The average molecular weight is 578 g/mol. The Kier molecular flexibility index (Phi) is 13.2. The zero-order chi connectivity index (χ0) is 30.3. The fraction of sp³-hybridized carbons (Fsp3) is 0.455. The molecule has 226 valence electrons. The summed E-state index contributed by atoms with van der Waals surface area (Å²) >= 11 is 0. The second kappa shape index (κ2) is 17.1. The number of carbonyl (C=O) groups is 4. The first-order valence-electron chi connectivity index (χ1n) is 14.6. The summed E-state index contributed by atoms with van der Waals surface area (Å²) in [6.45, 7) is 5.04. The highest BCUT2D eigenvalue weighted by Crippen LogP contribution is 2.30. The van der Waals surface area contributed by atoms with Crippen molar-refractivity contribution in [3.05, 3.63) is 70.8 Å². The number of Topliss-reactive ketones (excluding diaryl/α,β-unsaturated/α-hetero) is 1. The SMILES string of the molecule is CCNC(=O)C1=Cc2ccccc2C1.COc1ccc(C)cc1.O=CNCC(=O)NC(CC1CCCC1)C(=O)C1CO1. The molecule has 42 heavy (non-hydrogen) atoms. The van der Waals surface area contributed by atoms with Crippen LogP contribution in [-0.4, -0.2) is 63.0 Å². The number of hydrogen-bond acceptors (Lipinski definition) is 6. The summed E-state index contributed by atoms with van der Waals surface area (Å²) in [7, 11) is 1.67. The molecule has 0 spiro atoms. The molecule has 3 N–H and O–H groups in total. The van der Waals surface area contributed by atoms with Crippen LogP contribution in [0.1, 0.15) is 55.7 Å². The van der Waals surface area contributed by atoms with E-state index < -0.39 is 6.04 Å². The summed E-state index contributed by atoms with van der Waals surface area (Å²) in [6, 6.07) is 15.6. The molecule has 2 atom stereocenters. The second-order valence-corrected chi connectivity index (χ2v) is 10.7. The maximum Gasteiger partial charge on any atom is 0.247 e. The van der Waals surface area contributed by atoms with Crippen LogP contribution < -0.4 is 20.7 Å². The maximum absolute atomic E-state index is 12.1. The van der Waals surface area contributed by atoms with Crippen LogP contribution in [0.5, 0.6) is 5.75 Å². The van der Waals surface area contributed by atoms with Gasteiger partial charge in [-0.05, 0) is 55.5 Å². The third kappa shape index (κ3) is 10.8. The van der Waals surface area contributed by atoms with Gasteiger partial charge in [0.1, 0.15) is 11.9 Å². The number of hydrogen-bond donors (Lipinski definition) is 3. The zero-order valence-electron chi connectivity index (χ0n) is 24.8. The van der Waals surface area contributed by atoms with Gasteiger partial charge in [0.05, 0.1) is 26.3 Å². The molecule has 0 bridgehead atoms. The number of ketones is 1. The lowest BCUT2D eigenvalue weighted by atomic mass is 9.94. The number of benzene rings is 2. The average Bonchev–Trinajstić information content (AvgIpc) is 3.54. The van der Waals surface area contributed by atoms with Crippen molar-refractivity contribution in [1.29, 1.82) is 0 Å². The van der Waals surface area contributed by atoms with Crippen molar-refractivity contribution >= 4 is 30.1 Å². The first-order valence-corrected chi connectivity index (χ1v) is 14.6. The molecule has 2 unspecified atom stereocenters. The Morgan fingerprint density at radius 3 is 2.36 bits per heavy atom. The molecule has 2 aromatic carbocycles. The molecule has 2 fully saturated rings. The molecule has 1 heterocycles. The minimum absolute atomic E-state index is 0.0358. The number of carbonyl (C=O) groups excluding carboxylic acids is 4. The molecule has 1 saturated heterocycles. The van der Waals surface area contributed by atoms with E-state index in [4.69, 9.17) is 9.47 Å². The highest BCUT2D eigenvalue weighted by Gasteiger charge is 2.38. The molecule has 9 heteroatoms. The first-order chi connectivity index (χ1) is 20.3. The van der Waals surface area contributed by atoms with E-state index in [1.165, 1.54) is 29.5 Å². The minimum Gasteiger partial charge on any atom is -0.497 e. The van der Waals surface area contributed by atoms with Crippen molar-refractivity contribution in [3.8, 4) is 5.75 Å². The Morgan fingerprint density at radius 2 is 1.76 bits per heavy atom. The van der Waals surface area contributed by atoms with Gasteiger partial charge >= 0.3 is 0 Å². The van der Waals surface area contributed by atoms with Gasteiger partial charge in [0.25, 0.3) is 0 Å². The van der Waals surface area contributed by atoms with E-state index in [2.05, 4.69) is 28.9 Å². The molecule has 2 aromatic rings. The number of fused-ring (bicyclic) bond motifs is 1. The van der Waals surface area contributed by atoms with Crippen molar-refractivity contribution < 1.29 is 28.7 Å². The van der Waals surface area contributed by atoms with Gasteiger partial charge in [0.2, 0.25) is 18.2 Å². The Bertz CT molecular complexity index is 1220. The Labute approximate surface area is 248 Å². The van der Waals surface area contributed by atoms with Crippen molar-refractivity contribution in [3.63, 3.8) is 0 Å². The molecule has 2 aliphatic carbocycles. The van der Waals surface area contributed by atoms with Crippen LogP contribution in [0.2, 0.25) is 0 Å². The van der Waals surface area contributed by atoms with E-state index in [0.29, 0.717) is 31.9 Å². The first kappa shape index (κ1) is 32.5. The normalized spacial score (nSPS) is 17.1. The van der Waals surface area contributed by atoms with Gasteiger partial charge in [-0.1, -0.05) is 67.6 Å². The van der Waals surface area contributed by atoms with Gasteiger partial charge < -0.3 is 25.4 Å². The van der Waals surface area contributed by atoms with Crippen LogP contribution in [0.15, 0.2) is 54.1 Å². The number of ether oxygens (including phenoxy) is 2. The molecular formula is C33H43N3O6. The topological polar surface area (TPSA) is 126 Å². The van der Waals surface area contributed by atoms with Gasteiger partial charge in [0, 0.05) is 18.5 Å². The smallest absolute Gasteiger partial charge is 0.247 e. The summed E-state index contributed by atoms with van der Waals surface area (Å²) in [4.78, 5) is 45.4. The molecule has 1 aliphatic heterocycles. The van der Waals surface area contributed by atoms with Crippen LogP contribution in [0.4, 0.5) is 0 Å². The van der Waals surface area contributed by atoms with Crippen molar-refractivity contribution in [2.45, 2.75) is 64.5 Å². The third-order valence-corrected chi connectivity index (χ3v) is 7.37. The number of methoxy groups -OCH3 is 1. The van der Waals surface area contributed by atoms with E-state index in [1.807, 2.05) is 55.5 Å². The highest BCUT2D eigenvalue weighted by atomic mass is 16.6. The number of rotatable bonds is 11. The fourth-order valence-corrected chi connectivity index (χ4v) is 5.02. The Balaban J connectivity index is 0.000000185. The number of amides is 3. The van der Waals surface area contributed by atoms with Crippen molar-refractivity contribution in [2.24, 2.45) is 5.92 Å². The van der Waals surface area contributed by atoms with Crippen LogP contribution >= 0.6 is 0 Å². The predicted octanol–water partition coefficient (Wildman–Crippen LogP) is 3.53. The lowest BCUT2D eigenvalue weighted by Crippen LogP contribution is -2.46. The van der Waals surface area contributed by atoms with Crippen molar-refractivity contribution in [1.82, 2.24) is 16.0 Å². The standard InChI is InChI=1S/C13H20N2O4.C12H13NO.C8H10O/c16-8-14-6-12(17)15-10(13(18)11-7-19-11)5-9-3-1-2-4-9;1-2-13-12(14)11-7-9-5-3-4-6-10(9)8-11;1-7-3-5-8(9-2)6-4-7/h8-11H,1-7H2,(H,14,16)(H,15,17);3-7H,2,8H2,1H3,(H,13,14);3-6H,1-2H3. The Hall–Kier alpha value is -3.98. The van der Waals surface area contributed by atoms with Gasteiger partial charge in [-0.25, -0.2) is 0 Å². The molecule has 3 amide bonds. The molecular weight excluding hydrogens is 534 g/mol. The van der Waals surface area contributed by atoms with E-state index in [-0.39, 0.29) is 30.2 Å². The lowest BCUT2D eigenvalue weighted by Gasteiger charge is -2.20. The van der Waals surface area contributed by atoms with Crippen LogP contribution in [0.3, 0.4) is 0 Å². The summed E-state index contributed by atoms with van der Waals surface area (Å²) in [5, 5.41) is 7.82. The molecule has 5 rings (SSSR count). The monoisotopic (exact) mass is 577 g/mol. The fourth-order valence-electron chi connectivity index (χ4n) is 5.02. The highest BCUT2D eigenvalue weighted by molar-refractivity contribution is 6.00. The van der Waals surface area contributed by atoms with Crippen LogP contribution in [-0.2, 0) is 30.3 Å². The van der Waals surface area contributed by atoms with E-state index in [1.54, 1.807) is 7.11 Å². The molecule has 3 aliphatic rings. The molecule has 0 radical (unpaired) electrons. The van der Waals surface area contributed by atoms with Gasteiger partial charge in [-0.15, -0.1) is 0 Å². The lowest BCUT2D eigenvalue weighted by molar-refractivity contribution is -0.128. The summed E-state index contributed by atoms with van der Waals surface area (Å²) < 4.78 is 9.97. The zero-order valence-corrected chi connectivity index (χ0v) is 24.8. The van der Waals surface area contributed by atoms with Gasteiger partial charge in [-0.3, -0.25) is 19.2 Å². The largest absolute Gasteiger partial charge is 0.497 e. The van der Waals surface area contributed by atoms with Gasteiger partial charge in [-0.2, -0.15) is 0 Å². The van der Waals surface area contributed by atoms with Crippen LogP contribution in [0.25, 0.3) is 6.08 Å². The van der Waals surface area contributed by atoms with E-state index >= 15 is 0 Å². The number of likely N-dealkylation sites (N-methyl/N-ethyl adjacent to an activating group) is 1.